The molecule has 0 spiro atoms. The lowest BCUT2D eigenvalue weighted by Crippen LogP contribution is -2.26. The molecule has 1 saturated heterocycles. The van der Waals surface area contributed by atoms with Gasteiger partial charge in [-0.3, -0.25) is 4.98 Å². The van der Waals surface area contributed by atoms with Gasteiger partial charge in [0.2, 0.25) is 0 Å². The molecule has 8 heteroatoms. The molecule has 1 unspecified atom stereocenters. The SMILES string of the molecule is C/C(N)=C(\c1cnc2c3cc(F)c(C(C)(O)C4CC4)cc3n(CC3CCOCC3)c2c1)N(C)N. The number of allylic oxidation sites excluding steroid dienone is 1. The fourth-order valence-electron chi connectivity index (χ4n) is 5.45. The fraction of sp³-hybridized carbons (Fsp3) is 0.500. The summed E-state index contributed by atoms with van der Waals surface area (Å²) in [5.74, 6) is 6.22. The van der Waals surface area contributed by atoms with Gasteiger partial charge in [0.15, 0.2) is 0 Å². The van der Waals surface area contributed by atoms with E-state index in [1.165, 1.54) is 11.1 Å². The van der Waals surface area contributed by atoms with Gasteiger partial charge in [0, 0.05) is 55.2 Å². The van der Waals surface area contributed by atoms with Crippen LogP contribution in [0.2, 0.25) is 0 Å². The van der Waals surface area contributed by atoms with E-state index in [-0.39, 0.29) is 11.7 Å². The van der Waals surface area contributed by atoms with Crippen LogP contribution in [-0.4, -0.2) is 39.9 Å². The first-order valence-corrected chi connectivity index (χ1v) is 12.1. The smallest absolute Gasteiger partial charge is 0.130 e. The first kappa shape index (κ1) is 23.1. The molecule has 182 valence electrons. The molecule has 2 aromatic heterocycles. The molecular weight excluding hydrogens is 433 g/mol. The zero-order valence-corrected chi connectivity index (χ0v) is 20.1. The summed E-state index contributed by atoms with van der Waals surface area (Å²) in [5.41, 5.74) is 9.92. The molecule has 7 nitrogen and oxygen atoms in total. The Morgan fingerprint density at radius 1 is 1.24 bits per heavy atom. The fourth-order valence-corrected chi connectivity index (χ4v) is 5.45. The highest BCUT2D eigenvalue weighted by molar-refractivity contribution is 6.06. The van der Waals surface area contributed by atoms with E-state index in [1.54, 1.807) is 20.2 Å². The number of aromatic nitrogens is 2. The summed E-state index contributed by atoms with van der Waals surface area (Å²) in [6.07, 6.45) is 5.52. The van der Waals surface area contributed by atoms with Crippen LogP contribution in [0.15, 0.2) is 30.1 Å². The van der Waals surface area contributed by atoms with Gasteiger partial charge >= 0.3 is 0 Å². The summed E-state index contributed by atoms with van der Waals surface area (Å²) in [6.45, 7) is 5.80. The highest BCUT2D eigenvalue weighted by Crippen LogP contribution is 2.47. The average Bonchev–Trinajstić information content (AvgIpc) is 3.60. The van der Waals surface area contributed by atoms with Crippen LogP contribution in [0.4, 0.5) is 4.39 Å². The van der Waals surface area contributed by atoms with E-state index in [0.717, 1.165) is 72.9 Å². The van der Waals surface area contributed by atoms with Crippen molar-refractivity contribution in [3.8, 4) is 0 Å². The van der Waals surface area contributed by atoms with Gasteiger partial charge in [-0.2, -0.15) is 0 Å². The second-order valence-corrected chi connectivity index (χ2v) is 10.2. The molecule has 2 aliphatic rings. The zero-order chi connectivity index (χ0) is 24.2. The van der Waals surface area contributed by atoms with Crippen molar-refractivity contribution in [2.24, 2.45) is 23.4 Å². The van der Waals surface area contributed by atoms with E-state index >= 15 is 4.39 Å². The Balaban J connectivity index is 1.74. The van der Waals surface area contributed by atoms with Gasteiger partial charge in [-0.25, -0.2) is 10.2 Å². The van der Waals surface area contributed by atoms with Crippen molar-refractivity contribution in [2.75, 3.05) is 20.3 Å². The Hall–Kier alpha value is -2.68. The number of hydrogen-bond acceptors (Lipinski definition) is 6. The number of aliphatic hydroxyl groups is 1. The molecule has 1 saturated carbocycles. The minimum absolute atomic E-state index is 0.0952. The van der Waals surface area contributed by atoms with Crippen LogP contribution >= 0.6 is 0 Å². The quantitative estimate of drug-likeness (QED) is 0.376. The number of benzene rings is 1. The number of ether oxygens (including phenoxy) is 1. The van der Waals surface area contributed by atoms with Crippen LogP contribution in [-0.2, 0) is 16.9 Å². The monoisotopic (exact) mass is 467 g/mol. The first-order chi connectivity index (χ1) is 16.2. The van der Waals surface area contributed by atoms with E-state index in [4.69, 9.17) is 21.3 Å². The van der Waals surface area contributed by atoms with Gasteiger partial charge in [-0.1, -0.05) is 0 Å². The van der Waals surface area contributed by atoms with E-state index in [1.807, 2.05) is 19.1 Å². The predicted octanol–water partition coefficient (Wildman–Crippen LogP) is 3.83. The Bertz CT molecular complexity index is 1270. The molecule has 1 aliphatic heterocycles. The van der Waals surface area contributed by atoms with Crippen LogP contribution < -0.4 is 11.6 Å². The second kappa shape index (κ2) is 8.52. The summed E-state index contributed by atoms with van der Waals surface area (Å²) < 4.78 is 23.1. The van der Waals surface area contributed by atoms with Gasteiger partial charge < -0.3 is 25.2 Å². The van der Waals surface area contributed by atoms with E-state index < -0.39 is 5.60 Å². The third-order valence-electron chi connectivity index (χ3n) is 7.49. The van der Waals surface area contributed by atoms with Gasteiger partial charge in [0.25, 0.3) is 0 Å². The maximum atomic E-state index is 15.4. The molecule has 1 aliphatic carbocycles. The summed E-state index contributed by atoms with van der Waals surface area (Å²) in [4.78, 5) is 4.74. The van der Waals surface area contributed by atoms with Crippen LogP contribution in [0.3, 0.4) is 0 Å². The maximum absolute atomic E-state index is 15.4. The number of hydrazine groups is 1. The highest BCUT2D eigenvalue weighted by Gasteiger charge is 2.43. The molecule has 5 N–H and O–H groups in total. The minimum atomic E-state index is -1.19. The Morgan fingerprint density at radius 2 is 1.94 bits per heavy atom. The number of fused-ring (bicyclic) bond motifs is 3. The van der Waals surface area contributed by atoms with E-state index in [0.29, 0.717) is 22.9 Å². The van der Waals surface area contributed by atoms with Crippen molar-refractivity contribution in [3.63, 3.8) is 0 Å². The van der Waals surface area contributed by atoms with Crippen molar-refractivity contribution < 1.29 is 14.2 Å². The van der Waals surface area contributed by atoms with Crippen LogP contribution in [0.25, 0.3) is 27.6 Å². The van der Waals surface area contributed by atoms with Crippen LogP contribution in [0.5, 0.6) is 0 Å². The molecule has 0 amide bonds. The van der Waals surface area contributed by atoms with Crippen LogP contribution in [0.1, 0.15) is 50.7 Å². The lowest BCUT2D eigenvalue weighted by Gasteiger charge is -2.25. The molecule has 3 heterocycles. The minimum Gasteiger partial charge on any atom is -0.401 e. The zero-order valence-electron chi connectivity index (χ0n) is 20.1. The third kappa shape index (κ3) is 3.93. The number of nitrogens with zero attached hydrogens (tertiary/aromatic N) is 3. The topological polar surface area (TPSA) is 103 Å². The number of hydrogen-bond donors (Lipinski definition) is 3. The molecule has 0 bridgehead atoms. The number of pyridine rings is 1. The van der Waals surface area contributed by atoms with Crippen molar-refractivity contribution in [2.45, 2.75) is 51.7 Å². The summed E-state index contributed by atoms with van der Waals surface area (Å²) >= 11 is 0. The Morgan fingerprint density at radius 3 is 2.56 bits per heavy atom. The second-order valence-electron chi connectivity index (χ2n) is 10.2. The van der Waals surface area contributed by atoms with Crippen molar-refractivity contribution in [1.29, 1.82) is 0 Å². The Kier molecular flexibility index (Phi) is 5.78. The number of halogens is 1. The predicted molar refractivity (Wildman–Crippen MR) is 132 cm³/mol. The molecule has 2 fully saturated rings. The van der Waals surface area contributed by atoms with E-state index in [2.05, 4.69) is 4.57 Å². The summed E-state index contributed by atoms with van der Waals surface area (Å²) in [5, 5.41) is 13.4. The summed E-state index contributed by atoms with van der Waals surface area (Å²) in [6, 6.07) is 5.41. The standard InChI is InChI=1S/C26H34FN5O2/c1-15(28)25(31(3)29)17-10-23-24(30-13-17)19-11-21(27)20(26(2,33)18-4-5-18)12-22(19)32(23)14-16-6-8-34-9-7-16/h10-13,16,18,33H,4-9,14,28-29H2,1-3H3/b25-15-. The van der Waals surface area contributed by atoms with Gasteiger partial charge in [0.1, 0.15) is 5.82 Å². The van der Waals surface area contributed by atoms with Gasteiger partial charge in [0.05, 0.1) is 27.8 Å². The van der Waals surface area contributed by atoms with Crippen molar-refractivity contribution in [3.05, 3.63) is 47.0 Å². The molecule has 3 aromatic rings. The molecule has 0 radical (unpaired) electrons. The van der Waals surface area contributed by atoms with Crippen molar-refractivity contribution in [1.82, 2.24) is 14.6 Å². The molecule has 34 heavy (non-hydrogen) atoms. The molecule has 1 aromatic carbocycles. The Labute approximate surface area is 199 Å². The molecular formula is C26H34FN5O2. The highest BCUT2D eigenvalue weighted by atomic mass is 19.1. The first-order valence-electron chi connectivity index (χ1n) is 12.1. The third-order valence-corrected chi connectivity index (χ3v) is 7.49. The van der Waals surface area contributed by atoms with Gasteiger partial charge in [-0.15, -0.1) is 0 Å². The molecule has 5 rings (SSSR count). The van der Waals surface area contributed by atoms with Crippen molar-refractivity contribution >= 4 is 27.6 Å². The number of rotatable bonds is 6. The normalized spacial score (nSPS) is 19.9. The van der Waals surface area contributed by atoms with E-state index in [9.17, 15) is 5.11 Å². The largest absolute Gasteiger partial charge is 0.401 e. The lowest BCUT2D eigenvalue weighted by atomic mass is 9.89. The van der Waals surface area contributed by atoms with Crippen LogP contribution in [0, 0.1) is 17.7 Å². The number of nitrogens with two attached hydrogens (primary N) is 2. The molecule has 1 atom stereocenters. The van der Waals surface area contributed by atoms with Gasteiger partial charge in [-0.05, 0) is 69.6 Å². The summed E-state index contributed by atoms with van der Waals surface area (Å²) in [7, 11) is 1.75. The maximum Gasteiger partial charge on any atom is 0.130 e. The lowest BCUT2D eigenvalue weighted by molar-refractivity contribution is 0.0296. The average molecular weight is 468 g/mol.